The summed E-state index contributed by atoms with van der Waals surface area (Å²) >= 11 is 0. The first-order chi connectivity index (χ1) is 10.7. The Morgan fingerprint density at radius 1 is 1.17 bits per heavy atom. The lowest BCUT2D eigenvalue weighted by Gasteiger charge is -2.59. The van der Waals surface area contributed by atoms with E-state index in [0.717, 1.165) is 51.6 Å². The number of hydrogen-bond acceptors (Lipinski definition) is 2. The second kappa shape index (κ2) is 8.00. The van der Waals surface area contributed by atoms with Crippen LogP contribution in [0, 0.1) is 16.2 Å². The fourth-order valence-electron chi connectivity index (χ4n) is 4.13. The predicted octanol–water partition coefficient (Wildman–Crippen LogP) is 4.47. The van der Waals surface area contributed by atoms with E-state index < -0.39 is 0 Å². The van der Waals surface area contributed by atoms with Gasteiger partial charge in [0.1, 0.15) is 0 Å². The number of rotatable bonds is 10. The molecule has 136 valence electrons. The van der Waals surface area contributed by atoms with Gasteiger partial charge in [0.05, 0.1) is 5.41 Å². The van der Waals surface area contributed by atoms with Gasteiger partial charge in [-0.3, -0.25) is 4.79 Å². The third-order valence-electron chi connectivity index (χ3n) is 6.98. The molecule has 2 atom stereocenters. The van der Waals surface area contributed by atoms with Crippen molar-refractivity contribution in [3.63, 3.8) is 0 Å². The zero-order valence-electron chi connectivity index (χ0n) is 16.7. The highest BCUT2D eigenvalue weighted by Crippen LogP contribution is 2.63. The molecule has 1 rings (SSSR count). The van der Waals surface area contributed by atoms with Crippen LogP contribution < -0.4 is 5.32 Å². The maximum atomic E-state index is 13.2. The van der Waals surface area contributed by atoms with E-state index in [1.807, 2.05) is 0 Å². The predicted molar refractivity (Wildman–Crippen MR) is 99.6 cm³/mol. The molecule has 23 heavy (non-hydrogen) atoms. The van der Waals surface area contributed by atoms with Gasteiger partial charge in [0.15, 0.2) is 0 Å². The van der Waals surface area contributed by atoms with Gasteiger partial charge in [-0.15, -0.1) is 0 Å². The topological polar surface area (TPSA) is 32.3 Å². The lowest BCUT2D eigenvalue weighted by molar-refractivity contribution is -0.162. The van der Waals surface area contributed by atoms with Gasteiger partial charge in [-0.1, -0.05) is 47.5 Å². The Kier molecular flexibility index (Phi) is 7.12. The monoisotopic (exact) mass is 324 g/mol. The van der Waals surface area contributed by atoms with Gasteiger partial charge in [0.25, 0.3) is 0 Å². The zero-order valence-corrected chi connectivity index (χ0v) is 16.7. The Bertz CT molecular complexity index is 385. The van der Waals surface area contributed by atoms with Crippen molar-refractivity contribution in [1.82, 2.24) is 10.2 Å². The molecule has 0 aromatic heterocycles. The van der Waals surface area contributed by atoms with Crippen molar-refractivity contribution in [3.05, 3.63) is 0 Å². The summed E-state index contributed by atoms with van der Waals surface area (Å²) in [5, 5.41) is 3.28. The highest BCUT2D eigenvalue weighted by molar-refractivity contribution is 5.84. The van der Waals surface area contributed by atoms with Gasteiger partial charge in [-0.05, 0) is 63.6 Å². The minimum atomic E-state index is -0.152. The van der Waals surface area contributed by atoms with Crippen LogP contribution in [0.4, 0.5) is 0 Å². The minimum absolute atomic E-state index is 0.152. The number of nitrogens with zero attached hydrogens (tertiary/aromatic N) is 1. The van der Waals surface area contributed by atoms with E-state index >= 15 is 0 Å². The Morgan fingerprint density at radius 2 is 1.78 bits per heavy atom. The standard InChI is InChI=1S/C20H40N2O/c1-8-18(4,9-2)16-20(13-12-19(20,5)10-3)17(23)21-14-11-15-22(6)7/h8-16H2,1-7H3,(H,21,23). The van der Waals surface area contributed by atoms with E-state index in [0.29, 0.717) is 5.91 Å². The van der Waals surface area contributed by atoms with E-state index in [1.165, 1.54) is 6.42 Å². The molecule has 2 unspecified atom stereocenters. The van der Waals surface area contributed by atoms with Gasteiger partial charge < -0.3 is 10.2 Å². The Hall–Kier alpha value is -0.570. The molecule has 1 aliphatic rings. The van der Waals surface area contributed by atoms with Crippen molar-refractivity contribution in [1.29, 1.82) is 0 Å². The zero-order chi connectivity index (χ0) is 17.7. The summed E-state index contributed by atoms with van der Waals surface area (Å²) in [4.78, 5) is 15.3. The van der Waals surface area contributed by atoms with Crippen molar-refractivity contribution in [2.75, 3.05) is 27.2 Å². The summed E-state index contributed by atoms with van der Waals surface area (Å²) in [5.74, 6) is 0.319. The summed E-state index contributed by atoms with van der Waals surface area (Å²) in [6, 6.07) is 0. The van der Waals surface area contributed by atoms with Gasteiger partial charge >= 0.3 is 0 Å². The van der Waals surface area contributed by atoms with Gasteiger partial charge in [-0.25, -0.2) is 0 Å². The average molecular weight is 325 g/mol. The van der Waals surface area contributed by atoms with Gasteiger partial charge in [-0.2, -0.15) is 0 Å². The first-order valence-corrected chi connectivity index (χ1v) is 9.61. The normalized spacial score (nSPS) is 27.8. The molecule has 0 aliphatic heterocycles. The van der Waals surface area contributed by atoms with E-state index in [1.54, 1.807) is 0 Å². The van der Waals surface area contributed by atoms with Crippen LogP contribution in [0.3, 0.4) is 0 Å². The largest absolute Gasteiger partial charge is 0.356 e. The second-order valence-corrected chi connectivity index (χ2v) is 8.60. The number of nitrogens with one attached hydrogen (secondary N) is 1. The minimum Gasteiger partial charge on any atom is -0.356 e. The molecule has 0 heterocycles. The molecule has 0 aromatic carbocycles. The van der Waals surface area contributed by atoms with E-state index in [2.05, 4.69) is 58.9 Å². The number of amides is 1. The van der Waals surface area contributed by atoms with Crippen LogP contribution in [0.25, 0.3) is 0 Å². The summed E-state index contributed by atoms with van der Waals surface area (Å²) in [7, 11) is 4.16. The maximum absolute atomic E-state index is 13.2. The molecule has 0 saturated heterocycles. The molecule has 0 bridgehead atoms. The summed E-state index contributed by atoms with van der Waals surface area (Å²) < 4.78 is 0. The first kappa shape index (κ1) is 20.5. The maximum Gasteiger partial charge on any atom is 0.226 e. The Morgan fingerprint density at radius 3 is 2.17 bits per heavy atom. The molecule has 1 fully saturated rings. The highest BCUT2D eigenvalue weighted by atomic mass is 16.2. The molecule has 3 heteroatoms. The summed E-state index contributed by atoms with van der Waals surface area (Å²) in [5.41, 5.74) is 0.294. The second-order valence-electron chi connectivity index (χ2n) is 8.60. The number of carbonyl (C=O) groups is 1. The fourth-order valence-corrected chi connectivity index (χ4v) is 4.13. The van der Waals surface area contributed by atoms with Gasteiger partial charge in [0.2, 0.25) is 5.91 Å². The Labute approximate surface area is 144 Å². The van der Waals surface area contributed by atoms with Crippen molar-refractivity contribution < 1.29 is 4.79 Å². The van der Waals surface area contributed by atoms with E-state index in [9.17, 15) is 4.79 Å². The van der Waals surface area contributed by atoms with Crippen LogP contribution in [-0.2, 0) is 4.79 Å². The lowest BCUT2D eigenvalue weighted by atomic mass is 9.44. The highest BCUT2D eigenvalue weighted by Gasteiger charge is 2.60. The van der Waals surface area contributed by atoms with Crippen LogP contribution in [0.1, 0.15) is 79.6 Å². The SMILES string of the molecule is CCC(C)(CC)CC1(C(=O)NCCCN(C)C)CCC1(C)CC. The van der Waals surface area contributed by atoms with Crippen LogP contribution >= 0.6 is 0 Å². The Balaban J connectivity index is 2.83. The van der Waals surface area contributed by atoms with Crippen molar-refractivity contribution in [2.24, 2.45) is 16.2 Å². The fraction of sp³-hybridized carbons (Fsp3) is 0.950. The van der Waals surface area contributed by atoms with Crippen molar-refractivity contribution in [2.45, 2.75) is 79.6 Å². The molecular formula is C20H40N2O. The molecule has 0 aromatic rings. The molecule has 1 saturated carbocycles. The molecular weight excluding hydrogens is 284 g/mol. The lowest BCUT2D eigenvalue weighted by Crippen LogP contribution is -2.59. The van der Waals surface area contributed by atoms with Gasteiger partial charge in [0, 0.05) is 6.54 Å². The van der Waals surface area contributed by atoms with E-state index in [-0.39, 0.29) is 16.2 Å². The molecule has 1 N–H and O–H groups in total. The van der Waals surface area contributed by atoms with Crippen LogP contribution in [0.2, 0.25) is 0 Å². The van der Waals surface area contributed by atoms with Crippen LogP contribution in [0.5, 0.6) is 0 Å². The summed E-state index contributed by atoms with van der Waals surface area (Å²) in [6.07, 6.45) is 7.72. The molecule has 0 spiro atoms. The van der Waals surface area contributed by atoms with E-state index in [4.69, 9.17) is 0 Å². The third kappa shape index (κ3) is 4.29. The third-order valence-corrected chi connectivity index (χ3v) is 6.98. The van der Waals surface area contributed by atoms with Crippen molar-refractivity contribution >= 4 is 5.91 Å². The number of hydrogen-bond donors (Lipinski definition) is 1. The molecule has 0 radical (unpaired) electrons. The van der Waals surface area contributed by atoms with Crippen molar-refractivity contribution in [3.8, 4) is 0 Å². The van der Waals surface area contributed by atoms with Crippen LogP contribution in [0.15, 0.2) is 0 Å². The quantitative estimate of drug-likeness (QED) is 0.601. The smallest absolute Gasteiger partial charge is 0.226 e. The average Bonchev–Trinajstić information content (AvgIpc) is 2.53. The first-order valence-electron chi connectivity index (χ1n) is 9.61. The summed E-state index contributed by atoms with van der Waals surface area (Å²) in [6.45, 7) is 13.3. The molecule has 3 nitrogen and oxygen atoms in total. The van der Waals surface area contributed by atoms with Crippen LogP contribution in [-0.4, -0.2) is 38.0 Å². The molecule has 1 aliphatic carbocycles. The number of carbonyl (C=O) groups excluding carboxylic acids is 1. The molecule has 1 amide bonds.